The van der Waals surface area contributed by atoms with Gasteiger partial charge in [0.15, 0.2) is 0 Å². The van der Waals surface area contributed by atoms with Crippen LogP contribution >= 0.6 is 28.3 Å². The van der Waals surface area contributed by atoms with Gasteiger partial charge in [0, 0.05) is 50.3 Å². The summed E-state index contributed by atoms with van der Waals surface area (Å²) in [5.74, 6) is 0.337. The highest BCUT2D eigenvalue weighted by Gasteiger charge is 2.36. The Morgan fingerprint density at radius 1 is 1.42 bits per heavy atom. The summed E-state index contributed by atoms with van der Waals surface area (Å²) in [6.45, 7) is 2.15. The van der Waals surface area contributed by atoms with Crippen molar-refractivity contribution in [2.75, 3.05) is 20.1 Å². The Hall–Kier alpha value is -1.37. The van der Waals surface area contributed by atoms with E-state index in [2.05, 4.69) is 26.3 Å². The van der Waals surface area contributed by atoms with E-state index in [4.69, 9.17) is 0 Å². The largest absolute Gasteiger partial charge is 0.341 e. The lowest BCUT2D eigenvalue weighted by atomic mass is 9.90. The number of hydrogen-bond acceptors (Lipinski definition) is 3. The molecule has 0 bridgehead atoms. The van der Waals surface area contributed by atoms with E-state index < -0.39 is 0 Å². The Bertz CT molecular complexity index is 705. The van der Waals surface area contributed by atoms with Crippen LogP contribution in [0.4, 0.5) is 0 Å². The minimum absolute atomic E-state index is 0. The van der Waals surface area contributed by atoms with E-state index in [1.54, 1.807) is 4.68 Å². The number of hydrogen-bond donors (Lipinski definition) is 1. The average molecular weight is 414 g/mol. The molecule has 0 unspecified atom stereocenters. The molecule has 0 spiro atoms. The molecule has 1 N–H and O–H groups in total. The van der Waals surface area contributed by atoms with E-state index in [0.29, 0.717) is 6.54 Å². The van der Waals surface area contributed by atoms with Gasteiger partial charge in [-0.15, -0.1) is 12.4 Å². The molecule has 2 aromatic rings. The minimum atomic E-state index is -0.0355. The predicted octanol–water partition coefficient (Wildman–Crippen LogP) is 2.57. The van der Waals surface area contributed by atoms with E-state index in [9.17, 15) is 4.79 Å². The number of carbonyl (C=O) groups excluding carboxylic acids is 1. The fourth-order valence-corrected chi connectivity index (χ4v) is 3.57. The molecule has 5 nitrogen and oxygen atoms in total. The number of aromatic nitrogens is 2. The fraction of sp³-hybridized carbons (Fsp3) is 0.412. The summed E-state index contributed by atoms with van der Waals surface area (Å²) in [6, 6.07) is 8.02. The third-order valence-corrected chi connectivity index (χ3v) is 5.20. The number of nitrogens with one attached hydrogen (secondary N) is 1. The first-order chi connectivity index (χ1) is 11.1. The van der Waals surface area contributed by atoms with Crippen LogP contribution in [0.3, 0.4) is 0 Å². The summed E-state index contributed by atoms with van der Waals surface area (Å²) in [7, 11) is 3.78. The van der Waals surface area contributed by atoms with Crippen LogP contribution in [0.1, 0.15) is 17.0 Å². The van der Waals surface area contributed by atoms with Gasteiger partial charge in [-0.05, 0) is 17.2 Å². The van der Waals surface area contributed by atoms with Gasteiger partial charge in [-0.3, -0.25) is 9.48 Å². The number of carbonyl (C=O) groups is 1. The Morgan fingerprint density at radius 3 is 2.83 bits per heavy atom. The normalized spacial score (nSPS) is 19.8. The van der Waals surface area contributed by atoms with Crippen LogP contribution in [0.25, 0.3) is 0 Å². The zero-order valence-corrected chi connectivity index (χ0v) is 16.2. The van der Waals surface area contributed by atoms with Crippen LogP contribution in [-0.4, -0.2) is 40.7 Å². The summed E-state index contributed by atoms with van der Waals surface area (Å²) < 4.78 is 2.83. The Balaban J connectivity index is 0.00000208. The van der Waals surface area contributed by atoms with Gasteiger partial charge in [0.1, 0.15) is 0 Å². The fourth-order valence-electron chi connectivity index (χ4n) is 3.16. The lowest BCUT2D eigenvalue weighted by Gasteiger charge is -2.24. The van der Waals surface area contributed by atoms with Crippen molar-refractivity contribution in [3.8, 4) is 0 Å². The smallest absolute Gasteiger partial charge is 0.227 e. The lowest BCUT2D eigenvalue weighted by molar-refractivity contribution is -0.134. The molecule has 2 atom stereocenters. The van der Waals surface area contributed by atoms with E-state index in [0.717, 1.165) is 28.7 Å². The van der Waals surface area contributed by atoms with Crippen LogP contribution in [-0.2, 0) is 18.4 Å². The molecular formula is C17H22BrClN4O. The highest BCUT2D eigenvalue weighted by Crippen LogP contribution is 2.29. The van der Waals surface area contributed by atoms with Crippen LogP contribution < -0.4 is 5.32 Å². The van der Waals surface area contributed by atoms with Gasteiger partial charge in [-0.2, -0.15) is 5.10 Å². The topological polar surface area (TPSA) is 50.2 Å². The highest BCUT2D eigenvalue weighted by atomic mass is 79.9. The van der Waals surface area contributed by atoms with Crippen LogP contribution in [0.5, 0.6) is 0 Å². The molecule has 1 aliphatic heterocycles. The van der Waals surface area contributed by atoms with Crippen LogP contribution in [0.15, 0.2) is 41.1 Å². The maximum absolute atomic E-state index is 12.9. The Kier molecular flexibility index (Phi) is 6.43. The highest BCUT2D eigenvalue weighted by molar-refractivity contribution is 9.10. The third-order valence-electron chi connectivity index (χ3n) is 4.43. The van der Waals surface area contributed by atoms with Gasteiger partial charge in [0.05, 0.1) is 12.1 Å². The van der Waals surface area contributed by atoms with Crippen molar-refractivity contribution in [2.24, 2.45) is 13.0 Å². The molecule has 1 fully saturated rings. The first-order valence-electron chi connectivity index (χ1n) is 7.74. The number of amides is 1. The lowest BCUT2D eigenvalue weighted by Crippen LogP contribution is -2.35. The van der Waals surface area contributed by atoms with E-state index in [-0.39, 0.29) is 30.2 Å². The number of rotatable bonds is 4. The second-order valence-electron chi connectivity index (χ2n) is 6.10. The second kappa shape index (κ2) is 8.14. The SMILES string of the molecule is CN(Cc1ccccc1Br)C(=O)[C@H]1CNC[C@@H]1c1cnn(C)c1.Cl. The monoisotopic (exact) mass is 412 g/mol. The van der Waals surface area contributed by atoms with E-state index in [1.165, 1.54) is 0 Å². The summed E-state index contributed by atoms with van der Waals surface area (Å²) in [6.07, 6.45) is 3.87. The maximum atomic E-state index is 12.9. The van der Waals surface area contributed by atoms with Crippen LogP contribution in [0, 0.1) is 5.92 Å². The third kappa shape index (κ3) is 3.99. The first-order valence-corrected chi connectivity index (χ1v) is 8.53. The Labute approximate surface area is 157 Å². The van der Waals surface area contributed by atoms with Crippen molar-refractivity contribution in [2.45, 2.75) is 12.5 Å². The minimum Gasteiger partial charge on any atom is -0.341 e. The van der Waals surface area contributed by atoms with Crippen molar-refractivity contribution in [1.29, 1.82) is 0 Å². The predicted molar refractivity (Wildman–Crippen MR) is 100 cm³/mol. The molecule has 24 heavy (non-hydrogen) atoms. The van der Waals surface area contributed by atoms with Gasteiger partial charge < -0.3 is 10.2 Å². The summed E-state index contributed by atoms with van der Waals surface area (Å²) in [5, 5.41) is 7.58. The van der Waals surface area contributed by atoms with Gasteiger partial charge >= 0.3 is 0 Å². The Morgan fingerprint density at radius 2 is 2.17 bits per heavy atom. The molecule has 0 aliphatic carbocycles. The molecule has 1 amide bonds. The second-order valence-corrected chi connectivity index (χ2v) is 6.96. The zero-order chi connectivity index (χ0) is 16.4. The standard InChI is InChI=1S/C17H21BrN4O.ClH/c1-21(10-12-5-3-4-6-16(12)18)17(23)15-9-19-8-14(15)13-7-20-22(2)11-13;/h3-7,11,14-15,19H,8-10H2,1-2H3;1H/t14-,15+;/m1./s1. The molecule has 0 saturated carbocycles. The number of nitrogens with zero attached hydrogens (tertiary/aromatic N) is 3. The summed E-state index contributed by atoms with van der Waals surface area (Å²) in [5.41, 5.74) is 2.25. The molecule has 0 radical (unpaired) electrons. The maximum Gasteiger partial charge on any atom is 0.227 e. The zero-order valence-electron chi connectivity index (χ0n) is 13.8. The molecule has 1 saturated heterocycles. The number of aryl methyl sites for hydroxylation is 1. The van der Waals surface area contributed by atoms with Gasteiger partial charge in [0.2, 0.25) is 5.91 Å². The number of benzene rings is 1. The molecule has 1 aromatic carbocycles. The molecule has 7 heteroatoms. The summed E-state index contributed by atoms with van der Waals surface area (Å²) in [4.78, 5) is 14.7. The summed E-state index contributed by atoms with van der Waals surface area (Å²) >= 11 is 3.55. The van der Waals surface area contributed by atoms with Crippen molar-refractivity contribution in [1.82, 2.24) is 20.0 Å². The molecule has 130 valence electrons. The molecule has 1 aliphatic rings. The molecule has 3 rings (SSSR count). The molecule has 2 heterocycles. The van der Waals surface area contributed by atoms with Crippen molar-refractivity contribution >= 4 is 34.2 Å². The van der Waals surface area contributed by atoms with Crippen molar-refractivity contribution in [3.63, 3.8) is 0 Å². The molecule has 1 aromatic heterocycles. The number of halogens is 2. The van der Waals surface area contributed by atoms with E-state index in [1.807, 2.05) is 55.7 Å². The quantitative estimate of drug-likeness (QED) is 0.838. The van der Waals surface area contributed by atoms with Gasteiger partial charge in [-0.1, -0.05) is 34.1 Å². The first kappa shape index (κ1) is 19.0. The van der Waals surface area contributed by atoms with Crippen molar-refractivity contribution < 1.29 is 4.79 Å². The van der Waals surface area contributed by atoms with Crippen molar-refractivity contribution in [3.05, 3.63) is 52.3 Å². The van der Waals surface area contributed by atoms with Crippen LogP contribution in [0.2, 0.25) is 0 Å². The molecular weight excluding hydrogens is 392 g/mol. The van der Waals surface area contributed by atoms with Gasteiger partial charge in [0.25, 0.3) is 0 Å². The van der Waals surface area contributed by atoms with E-state index >= 15 is 0 Å². The van der Waals surface area contributed by atoms with Gasteiger partial charge in [-0.25, -0.2) is 0 Å². The average Bonchev–Trinajstić information content (AvgIpc) is 3.17.